The van der Waals surface area contributed by atoms with Gasteiger partial charge < -0.3 is 4.74 Å². The van der Waals surface area contributed by atoms with Gasteiger partial charge in [-0.2, -0.15) is 13.9 Å². The summed E-state index contributed by atoms with van der Waals surface area (Å²) in [7, 11) is 0. The van der Waals surface area contributed by atoms with E-state index < -0.39 is 5.95 Å². The van der Waals surface area contributed by atoms with Crippen LogP contribution in [0, 0.1) is 5.95 Å². The molecule has 0 bridgehead atoms. The zero-order valence-corrected chi connectivity index (χ0v) is 10.4. The van der Waals surface area contributed by atoms with Crippen LogP contribution in [-0.4, -0.2) is 26.2 Å². The molecule has 0 fully saturated rings. The second-order valence-corrected chi connectivity index (χ2v) is 4.75. The molecule has 17 heavy (non-hydrogen) atoms. The molecule has 0 aliphatic carbocycles. The van der Waals surface area contributed by atoms with Gasteiger partial charge in [-0.25, -0.2) is 4.98 Å². The molecule has 0 unspecified atom stereocenters. The summed E-state index contributed by atoms with van der Waals surface area (Å²) < 4.78 is 19.9. The molecule has 2 aromatic heterocycles. The average Bonchev–Trinajstić information content (AvgIpc) is 2.61. The van der Waals surface area contributed by atoms with Gasteiger partial charge in [0, 0.05) is 11.5 Å². The minimum Gasteiger partial charge on any atom is -0.464 e. The highest BCUT2D eigenvalue weighted by Gasteiger charge is 2.21. The lowest BCUT2D eigenvalue weighted by molar-refractivity contribution is 0.296. The van der Waals surface area contributed by atoms with Gasteiger partial charge in [0.1, 0.15) is 0 Å². The fourth-order valence-electron chi connectivity index (χ4n) is 1.38. The first-order valence-corrected chi connectivity index (χ1v) is 5.48. The molecular formula is C11H15FN4O. The summed E-state index contributed by atoms with van der Waals surface area (Å²) in [5.41, 5.74) is 0.206. The van der Waals surface area contributed by atoms with Crippen LogP contribution in [0.25, 0.3) is 5.65 Å². The molecule has 0 spiro atoms. The number of nitrogens with zero attached hydrogens (tertiary/aromatic N) is 4. The lowest BCUT2D eigenvalue weighted by Gasteiger charge is -2.11. The summed E-state index contributed by atoms with van der Waals surface area (Å²) in [6.45, 7) is 8.18. The third kappa shape index (κ3) is 2.20. The Hall–Kier alpha value is -1.72. The summed E-state index contributed by atoms with van der Waals surface area (Å²) in [5, 5.41) is 4.30. The number of hydrogen-bond acceptors (Lipinski definition) is 4. The lowest BCUT2D eigenvalue weighted by Crippen LogP contribution is -2.13. The van der Waals surface area contributed by atoms with Gasteiger partial charge in [-0.15, -0.1) is 5.10 Å². The van der Waals surface area contributed by atoms with E-state index in [1.807, 2.05) is 20.8 Å². The predicted octanol–water partition coefficient (Wildman–Crippen LogP) is 1.96. The number of aromatic nitrogens is 4. The summed E-state index contributed by atoms with van der Waals surface area (Å²) >= 11 is 0. The van der Waals surface area contributed by atoms with Crippen LogP contribution in [0.1, 0.15) is 33.5 Å². The third-order valence-corrected chi connectivity index (χ3v) is 2.21. The maximum atomic E-state index is 13.3. The van der Waals surface area contributed by atoms with Crippen LogP contribution in [0.3, 0.4) is 0 Å². The van der Waals surface area contributed by atoms with E-state index in [1.165, 1.54) is 10.6 Å². The summed E-state index contributed by atoms with van der Waals surface area (Å²) in [6, 6.07) is 1.37. The number of rotatable bonds is 2. The molecule has 0 aliphatic heterocycles. The van der Waals surface area contributed by atoms with Crippen molar-refractivity contribution < 1.29 is 9.13 Å². The van der Waals surface area contributed by atoms with Crippen LogP contribution in [0.4, 0.5) is 4.39 Å². The zero-order chi connectivity index (χ0) is 12.6. The molecule has 0 atom stereocenters. The van der Waals surface area contributed by atoms with Gasteiger partial charge in [0.15, 0.2) is 11.5 Å². The van der Waals surface area contributed by atoms with Crippen molar-refractivity contribution in [3.8, 4) is 6.01 Å². The van der Waals surface area contributed by atoms with E-state index in [4.69, 9.17) is 4.74 Å². The van der Waals surface area contributed by atoms with E-state index in [0.29, 0.717) is 18.1 Å². The Labute approximate surface area is 98.6 Å². The Morgan fingerprint density at radius 3 is 2.65 bits per heavy atom. The van der Waals surface area contributed by atoms with Crippen molar-refractivity contribution in [2.45, 2.75) is 33.1 Å². The van der Waals surface area contributed by atoms with Gasteiger partial charge in [0.05, 0.1) is 6.61 Å². The molecule has 5 nitrogen and oxygen atoms in total. The first-order valence-electron chi connectivity index (χ1n) is 5.48. The van der Waals surface area contributed by atoms with Crippen LogP contribution >= 0.6 is 0 Å². The molecule has 2 heterocycles. The van der Waals surface area contributed by atoms with E-state index in [9.17, 15) is 4.39 Å². The van der Waals surface area contributed by atoms with Crippen LogP contribution in [0.2, 0.25) is 0 Å². The van der Waals surface area contributed by atoms with Crippen LogP contribution in [-0.2, 0) is 5.41 Å². The first kappa shape index (κ1) is 11.8. The van der Waals surface area contributed by atoms with Crippen molar-refractivity contribution in [1.29, 1.82) is 0 Å². The zero-order valence-electron chi connectivity index (χ0n) is 10.4. The molecule has 0 saturated carbocycles. The summed E-state index contributed by atoms with van der Waals surface area (Å²) in [6.07, 6.45) is 0. The highest BCUT2D eigenvalue weighted by atomic mass is 19.1. The number of halogens is 1. The average molecular weight is 238 g/mol. The van der Waals surface area contributed by atoms with Crippen molar-refractivity contribution in [2.24, 2.45) is 0 Å². The van der Waals surface area contributed by atoms with Crippen LogP contribution in [0.15, 0.2) is 6.07 Å². The molecule has 6 heteroatoms. The molecule has 0 amide bonds. The molecule has 0 radical (unpaired) electrons. The van der Waals surface area contributed by atoms with Crippen molar-refractivity contribution in [1.82, 2.24) is 19.6 Å². The Balaban J connectivity index is 2.63. The maximum Gasteiger partial charge on any atom is 0.322 e. The smallest absolute Gasteiger partial charge is 0.322 e. The van der Waals surface area contributed by atoms with Gasteiger partial charge in [0.25, 0.3) is 0 Å². The van der Waals surface area contributed by atoms with Gasteiger partial charge in [-0.1, -0.05) is 20.8 Å². The van der Waals surface area contributed by atoms with Crippen molar-refractivity contribution >= 4 is 5.65 Å². The van der Waals surface area contributed by atoms with Gasteiger partial charge in [-0.05, 0) is 6.92 Å². The Kier molecular flexibility index (Phi) is 2.73. The molecule has 92 valence electrons. The van der Waals surface area contributed by atoms with Crippen molar-refractivity contribution in [3.05, 3.63) is 17.8 Å². The largest absolute Gasteiger partial charge is 0.464 e. The Morgan fingerprint density at radius 2 is 2.06 bits per heavy atom. The lowest BCUT2D eigenvalue weighted by atomic mass is 9.96. The second kappa shape index (κ2) is 3.94. The Bertz CT molecular complexity index is 544. The van der Waals surface area contributed by atoms with Crippen LogP contribution < -0.4 is 4.74 Å². The normalized spacial score (nSPS) is 12.1. The number of fused-ring (bicyclic) bond motifs is 1. The van der Waals surface area contributed by atoms with Gasteiger partial charge >= 0.3 is 6.01 Å². The predicted molar refractivity (Wildman–Crippen MR) is 60.6 cm³/mol. The SMILES string of the molecule is CCOc1nc(F)cc2nc(C(C)(C)C)nn12. The van der Waals surface area contributed by atoms with E-state index in [0.717, 1.165) is 0 Å². The Morgan fingerprint density at radius 1 is 1.35 bits per heavy atom. The standard InChI is InChI=1S/C11H15FN4O/c1-5-17-10-13-7(12)6-8-14-9(11(2,3)4)15-16(8)10/h6H,5H2,1-4H3. The minimum atomic E-state index is -0.617. The van der Waals surface area contributed by atoms with E-state index >= 15 is 0 Å². The summed E-state index contributed by atoms with van der Waals surface area (Å²) in [5.74, 6) is 0.0136. The highest BCUT2D eigenvalue weighted by molar-refractivity contribution is 5.39. The minimum absolute atomic E-state index is 0.130. The van der Waals surface area contributed by atoms with Gasteiger partial charge in [-0.3, -0.25) is 0 Å². The molecule has 2 rings (SSSR count). The fourth-order valence-corrected chi connectivity index (χ4v) is 1.38. The molecular weight excluding hydrogens is 223 g/mol. The molecule has 2 aromatic rings. The van der Waals surface area contributed by atoms with E-state index in [-0.39, 0.29) is 11.4 Å². The molecule has 0 aliphatic rings. The van der Waals surface area contributed by atoms with Crippen LogP contribution in [0.5, 0.6) is 6.01 Å². The number of hydrogen-bond donors (Lipinski definition) is 0. The molecule has 0 saturated heterocycles. The fraction of sp³-hybridized carbons (Fsp3) is 0.545. The third-order valence-electron chi connectivity index (χ3n) is 2.21. The van der Waals surface area contributed by atoms with E-state index in [1.54, 1.807) is 6.92 Å². The quantitative estimate of drug-likeness (QED) is 0.750. The topological polar surface area (TPSA) is 52.3 Å². The maximum absolute atomic E-state index is 13.3. The monoisotopic (exact) mass is 238 g/mol. The molecule has 0 aromatic carbocycles. The molecule has 0 N–H and O–H groups in total. The highest BCUT2D eigenvalue weighted by Crippen LogP contribution is 2.21. The second-order valence-electron chi connectivity index (χ2n) is 4.75. The van der Waals surface area contributed by atoms with Gasteiger partial charge in [0.2, 0.25) is 5.95 Å². The number of ether oxygens (including phenoxy) is 1. The summed E-state index contributed by atoms with van der Waals surface area (Å²) in [4.78, 5) is 7.94. The van der Waals surface area contributed by atoms with Crippen molar-refractivity contribution in [2.75, 3.05) is 6.61 Å². The van der Waals surface area contributed by atoms with E-state index in [2.05, 4.69) is 15.1 Å². The first-order chi connectivity index (χ1) is 7.91. The van der Waals surface area contributed by atoms with Crippen molar-refractivity contribution in [3.63, 3.8) is 0 Å².